The summed E-state index contributed by atoms with van der Waals surface area (Å²) in [5.74, 6) is 2.05. The standard InChI is InChI=1S/C17H27NO.C11H16.4C10H15N.C10H20.C9H13N/c1-17(2,3)15-9-5-6-10-16(15)19-14-13-18-11-7-4-8-12-18;1-9-7-5-6-8-10(9)11(2,3)4;1-8-5-6-11-9(7-8)10(2,3)4;1-8-5-6-9(11-7-8)10(2,3)4;2*1-8-6-5-7-9(11-8)10(2,3)4;1-10(2,3)9-7-5-4-6-8-9;1-9(2,3)8-6-4-5-7-10-8/h5-6,9-10H,4,7-8,11-14H2,1-3H3;5-8H,1-4H3;4*5-7H,1-4H3;9H,4-8H2,1-3H3;4-7H,1-3H3. The van der Waals surface area contributed by atoms with Crippen LogP contribution < -0.4 is 4.74 Å². The number of para-hydroxylation sites is 1. The summed E-state index contributed by atoms with van der Waals surface area (Å²) in [4.78, 5) is 24.3. The highest BCUT2D eigenvalue weighted by Gasteiger charge is 2.26. The van der Waals surface area contributed by atoms with Gasteiger partial charge in [-0.3, -0.25) is 29.8 Å². The smallest absolute Gasteiger partial charge is 0.123 e. The number of hydrogen-bond donors (Lipinski definition) is 0. The summed E-state index contributed by atoms with van der Waals surface area (Å²) in [5, 5.41) is 0. The lowest BCUT2D eigenvalue weighted by Gasteiger charge is -2.33. The molecule has 2 fully saturated rings. The van der Waals surface area contributed by atoms with E-state index in [1.807, 2.05) is 62.8 Å². The Labute approximate surface area is 578 Å². The van der Waals surface area contributed by atoms with E-state index in [9.17, 15) is 0 Å². The quantitative estimate of drug-likeness (QED) is 0.174. The van der Waals surface area contributed by atoms with Crippen LogP contribution in [0.5, 0.6) is 5.75 Å². The van der Waals surface area contributed by atoms with Gasteiger partial charge >= 0.3 is 0 Å². The largest absolute Gasteiger partial charge is 0.492 e. The van der Waals surface area contributed by atoms with Gasteiger partial charge in [0.15, 0.2) is 0 Å². The Kier molecular flexibility index (Phi) is 34.5. The zero-order valence-corrected chi connectivity index (χ0v) is 65.5. The van der Waals surface area contributed by atoms with Crippen molar-refractivity contribution in [2.75, 3.05) is 26.2 Å². The first-order valence-corrected chi connectivity index (χ1v) is 35.5. The molecular weight excluding hydrogens is 1140 g/mol. The number of benzene rings is 2. The predicted octanol–water partition coefficient (Wildman–Crippen LogP) is 23.9. The molecule has 94 heavy (non-hydrogen) atoms. The molecule has 0 amide bonds. The van der Waals surface area contributed by atoms with Crippen molar-refractivity contribution in [3.63, 3.8) is 0 Å². The number of rotatable bonds is 4. The SMILES string of the molecule is CC(C)(C)C1CCCCC1.CC(C)(C)c1ccccc1OCCN1CCCCC1.CC(C)(C)c1ccccn1.Cc1ccc(C(C)(C)C)nc1.Cc1cccc(C(C)(C)C)n1.Cc1cccc(C(C)(C)C)n1.Cc1ccccc1C(C)(C)C.Cc1ccnc(C(C)(C)C)c1. The molecule has 0 spiro atoms. The molecule has 6 heterocycles. The molecule has 2 aromatic carbocycles. The summed E-state index contributed by atoms with van der Waals surface area (Å²) in [7, 11) is 0. The number of aryl methyl sites for hydroxylation is 5. The molecule has 0 unspecified atom stereocenters. The maximum atomic E-state index is 6.02. The van der Waals surface area contributed by atoms with Gasteiger partial charge in [0.25, 0.3) is 0 Å². The van der Waals surface area contributed by atoms with Crippen LogP contribution in [0.15, 0.2) is 146 Å². The minimum absolute atomic E-state index is 0.141. The summed E-state index contributed by atoms with van der Waals surface area (Å²) >= 11 is 0. The molecule has 7 heteroatoms. The second kappa shape index (κ2) is 38.6. The summed E-state index contributed by atoms with van der Waals surface area (Å²) in [6.07, 6.45) is 17.1. The maximum absolute atomic E-state index is 6.02. The minimum atomic E-state index is 0.141. The molecule has 1 saturated heterocycles. The Morgan fingerprint density at radius 2 is 0.809 bits per heavy atom. The van der Waals surface area contributed by atoms with E-state index in [-0.39, 0.29) is 37.9 Å². The van der Waals surface area contributed by atoms with Crippen molar-refractivity contribution in [3.8, 4) is 5.75 Å². The van der Waals surface area contributed by atoms with E-state index >= 15 is 0 Å². The predicted molar refractivity (Wildman–Crippen MR) is 410 cm³/mol. The fraction of sp³-hybridized carbons (Fsp3) is 0.575. The third-order valence-electron chi connectivity index (χ3n) is 16.7. The molecular formula is C87H136N6O. The summed E-state index contributed by atoms with van der Waals surface area (Å²) in [6, 6.07) is 43.7. The van der Waals surface area contributed by atoms with Gasteiger partial charge in [-0.15, -0.1) is 0 Å². The summed E-state index contributed by atoms with van der Waals surface area (Å²) < 4.78 is 6.02. The fourth-order valence-electron chi connectivity index (χ4n) is 10.6. The third kappa shape index (κ3) is 34.6. The van der Waals surface area contributed by atoms with Crippen LogP contribution in [-0.4, -0.2) is 56.1 Å². The molecule has 0 radical (unpaired) electrons. The lowest BCUT2D eigenvalue weighted by molar-refractivity contribution is 0.180. The van der Waals surface area contributed by atoms with Crippen molar-refractivity contribution in [2.45, 2.75) is 290 Å². The Morgan fingerprint density at radius 3 is 1.17 bits per heavy atom. The van der Waals surface area contributed by atoms with Gasteiger partial charge in [0.1, 0.15) is 12.4 Å². The molecule has 7 aromatic rings. The molecule has 1 saturated carbocycles. The van der Waals surface area contributed by atoms with Crippen molar-refractivity contribution in [3.05, 3.63) is 214 Å². The third-order valence-corrected chi connectivity index (χ3v) is 16.7. The first-order valence-electron chi connectivity index (χ1n) is 35.5. The van der Waals surface area contributed by atoms with Crippen LogP contribution in [0.2, 0.25) is 0 Å². The topological polar surface area (TPSA) is 76.9 Å². The Hall–Kier alpha value is -6.05. The first kappa shape index (κ1) is 84.0. The highest BCUT2D eigenvalue weighted by atomic mass is 16.5. The lowest BCUT2D eigenvalue weighted by atomic mass is 9.72. The second-order valence-corrected chi connectivity index (χ2v) is 34.5. The van der Waals surface area contributed by atoms with E-state index in [1.165, 1.54) is 92.3 Å². The zero-order valence-electron chi connectivity index (χ0n) is 65.5. The Balaban J connectivity index is 0.000000370. The minimum Gasteiger partial charge on any atom is -0.492 e. The summed E-state index contributed by atoms with van der Waals surface area (Å²) in [6.45, 7) is 67.9. The molecule has 7 nitrogen and oxygen atoms in total. The lowest BCUT2D eigenvalue weighted by Crippen LogP contribution is -2.33. The van der Waals surface area contributed by atoms with Gasteiger partial charge in [0.05, 0.1) is 0 Å². The first-order chi connectivity index (χ1) is 43.3. The number of ether oxygens (including phenoxy) is 1. The molecule has 5 aromatic heterocycles. The van der Waals surface area contributed by atoms with Crippen LogP contribution in [0, 0.1) is 46.0 Å². The van der Waals surface area contributed by atoms with Gasteiger partial charge in [0.2, 0.25) is 0 Å². The average molecular weight is 1280 g/mol. The van der Waals surface area contributed by atoms with Crippen LogP contribution in [0.1, 0.15) is 285 Å². The van der Waals surface area contributed by atoms with Gasteiger partial charge < -0.3 is 4.74 Å². The van der Waals surface area contributed by atoms with E-state index in [0.717, 1.165) is 64.7 Å². The van der Waals surface area contributed by atoms with E-state index in [2.05, 4.69) is 314 Å². The van der Waals surface area contributed by atoms with Crippen LogP contribution in [0.4, 0.5) is 0 Å². The number of nitrogens with zero attached hydrogens (tertiary/aromatic N) is 6. The van der Waals surface area contributed by atoms with Gasteiger partial charge in [-0.25, -0.2) is 0 Å². The highest BCUT2D eigenvalue weighted by molar-refractivity contribution is 5.38. The Bertz CT molecular complexity index is 3030. The molecule has 0 bridgehead atoms. The molecule has 9 rings (SSSR count). The number of hydrogen-bond acceptors (Lipinski definition) is 7. The van der Waals surface area contributed by atoms with Crippen LogP contribution >= 0.6 is 0 Å². The van der Waals surface area contributed by atoms with Crippen LogP contribution in [0.25, 0.3) is 0 Å². The number of pyridine rings is 5. The van der Waals surface area contributed by atoms with Crippen molar-refractivity contribution in [1.82, 2.24) is 29.8 Å². The average Bonchev–Trinajstić information content (AvgIpc) is 0.886. The van der Waals surface area contributed by atoms with Gasteiger partial charge in [0, 0.05) is 92.1 Å². The van der Waals surface area contributed by atoms with Crippen molar-refractivity contribution in [2.24, 2.45) is 11.3 Å². The van der Waals surface area contributed by atoms with Crippen molar-refractivity contribution in [1.29, 1.82) is 0 Å². The Morgan fingerprint density at radius 1 is 0.372 bits per heavy atom. The normalized spacial score (nSPS) is 14.0. The second-order valence-electron chi connectivity index (χ2n) is 34.5. The van der Waals surface area contributed by atoms with Gasteiger partial charge in [-0.2, -0.15) is 0 Å². The zero-order chi connectivity index (χ0) is 71.4. The maximum Gasteiger partial charge on any atom is 0.123 e. The van der Waals surface area contributed by atoms with E-state index in [4.69, 9.17) is 4.74 Å². The van der Waals surface area contributed by atoms with Gasteiger partial charge in [-0.05, 0) is 184 Å². The molecule has 2 aliphatic rings. The fourth-order valence-corrected chi connectivity index (χ4v) is 10.6. The number of piperidine rings is 1. The molecule has 1 aliphatic carbocycles. The van der Waals surface area contributed by atoms with E-state index in [1.54, 1.807) is 0 Å². The van der Waals surface area contributed by atoms with Crippen LogP contribution in [0.3, 0.4) is 0 Å². The molecule has 520 valence electrons. The van der Waals surface area contributed by atoms with Crippen molar-refractivity contribution < 1.29 is 4.74 Å². The van der Waals surface area contributed by atoms with E-state index < -0.39 is 0 Å². The summed E-state index contributed by atoms with van der Waals surface area (Å²) in [5.41, 5.74) is 16.5. The monoisotopic (exact) mass is 1280 g/mol. The highest BCUT2D eigenvalue weighted by Crippen LogP contribution is 2.38. The molecule has 1 aliphatic heterocycles. The van der Waals surface area contributed by atoms with Gasteiger partial charge in [-0.1, -0.05) is 259 Å². The molecule has 0 N–H and O–H groups in total. The number of likely N-dealkylation sites (tertiary alicyclic amines) is 1. The molecule has 0 atom stereocenters. The van der Waals surface area contributed by atoms with Crippen LogP contribution in [-0.2, 0) is 37.9 Å². The number of aromatic nitrogens is 5. The van der Waals surface area contributed by atoms with Crippen molar-refractivity contribution >= 4 is 0 Å². The van der Waals surface area contributed by atoms with E-state index in [0.29, 0.717) is 5.41 Å².